The number of fused-ring (bicyclic) bond motifs is 2. The maximum atomic E-state index is 13.2. The molecule has 1 aromatic carbocycles. The van der Waals surface area contributed by atoms with Gasteiger partial charge in [-0.2, -0.15) is 0 Å². The third kappa shape index (κ3) is 4.21. The van der Waals surface area contributed by atoms with Crippen molar-refractivity contribution >= 4 is 12.1 Å². The van der Waals surface area contributed by atoms with Gasteiger partial charge in [-0.15, -0.1) is 0 Å². The molecule has 2 aliphatic heterocycles. The average molecular weight is 625 g/mol. The van der Waals surface area contributed by atoms with Gasteiger partial charge in [0.25, 0.3) is 0 Å². The standard InChI is InChI=1S/C36H52N2O7/c1-20(2)16-23(29(39)40)37-31(41)44-24-11-10-22-17-26-34-12-13-36(43-7,25(18-34)33(6,42)32(3,4)5)30-35(34,27(22)28(24)45-30)14-15-38(26)19-21-8-9-21/h10-11,20-21,23,25-26,30,42H,8-9,12-19H2,1-7H3,(H,37,41)(H,39,40)/t23-,25-,26-,30?,33-,34-,35+,36-/m1/s1. The van der Waals surface area contributed by atoms with E-state index in [2.05, 4.69) is 37.1 Å². The molecule has 45 heavy (non-hydrogen) atoms. The van der Waals surface area contributed by atoms with Crippen LogP contribution in [0.1, 0.15) is 97.6 Å². The van der Waals surface area contributed by atoms with Crippen LogP contribution in [0.3, 0.4) is 0 Å². The lowest BCUT2D eigenvalue weighted by Crippen LogP contribution is -2.83. The summed E-state index contributed by atoms with van der Waals surface area (Å²) in [7, 11) is 1.78. The SMILES string of the molecule is CO[C@]12CC[C@@]3(C[C@@H]1[C@@](C)(O)C(C)(C)C)[C@H]1Cc4ccc(OC(=O)N[C@H](CC(C)C)C(=O)O)c5c4[C@@]3(CCN1CC1CC1)C2O5. The van der Waals surface area contributed by atoms with E-state index in [9.17, 15) is 19.8 Å². The molecule has 0 aromatic heterocycles. The Labute approximate surface area is 267 Å². The fourth-order valence-corrected chi connectivity index (χ4v) is 10.6. The van der Waals surface area contributed by atoms with Gasteiger partial charge in [-0.3, -0.25) is 4.90 Å². The van der Waals surface area contributed by atoms with Crippen LogP contribution in [0.25, 0.3) is 0 Å². The van der Waals surface area contributed by atoms with Crippen molar-refractivity contribution in [2.45, 2.75) is 128 Å². The zero-order chi connectivity index (χ0) is 32.3. The van der Waals surface area contributed by atoms with Crippen LogP contribution in [0, 0.1) is 28.6 Å². The summed E-state index contributed by atoms with van der Waals surface area (Å²) >= 11 is 0. The molecule has 248 valence electrons. The summed E-state index contributed by atoms with van der Waals surface area (Å²) in [5, 5.41) is 24.7. The first-order chi connectivity index (χ1) is 21.1. The Morgan fingerprint density at radius 1 is 1.16 bits per heavy atom. The third-order valence-electron chi connectivity index (χ3n) is 13.3. The second kappa shape index (κ2) is 10.1. The number of methoxy groups -OCH3 is 1. The molecule has 4 saturated carbocycles. The van der Waals surface area contributed by atoms with Crippen molar-refractivity contribution in [2.24, 2.45) is 28.6 Å². The monoisotopic (exact) mass is 624 g/mol. The number of rotatable bonds is 9. The van der Waals surface area contributed by atoms with Crippen molar-refractivity contribution in [3.63, 3.8) is 0 Å². The van der Waals surface area contributed by atoms with Crippen LogP contribution < -0.4 is 14.8 Å². The highest BCUT2D eigenvalue weighted by Crippen LogP contribution is 2.78. The van der Waals surface area contributed by atoms with Gasteiger partial charge < -0.3 is 29.7 Å². The summed E-state index contributed by atoms with van der Waals surface area (Å²) in [6, 6.07) is 3.22. The molecule has 9 heteroatoms. The minimum absolute atomic E-state index is 0.0900. The number of carbonyl (C=O) groups is 2. The Bertz CT molecular complexity index is 1400. The highest BCUT2D eigenvalue weighted by atomic mass is 16.6. The molecule has 1 amide bonds. The number of hydrogen-bond acceptors (Lipinski definition) is 7. The molecule has 1 aromatic rings. The second-order valence-electron chi connectivity index (χ2n) is 16.8. The Kier molecular flexibility index (Phi) is 6.99. The predicted octanol–water partition coefficient (Wildman–Crippen LogP) is 5.30. The Morgan fingerprint density at radius 3 is 2.51 bits per heavy atom. The number of carbonyl (C=O) groups excluding carboxylic acids is 1. The highest BCUT2D eigenvalue weighted by Gasteiger charge is 2.82. The molecule has 3 N–H and O–H groups in total. The molecule has 9 nitrogen and oxygen atoms in total. The molecule has 1 unspecified atom stereocenters. The Hall–Kier alpha value is -2.36. The Morgan fingerprint density at radius 2 is 1.89 bits per heavy atom. The van der Waals surface area contributed by atoms with Crippen molar-refractivity contribution in [3.8, 4) is 11.5 Å². The van der Waals surface area contributed by atoms with Crippen LogP contribution in [0.15, 0.2) is 12.1 Å². The van der Waals surface area contributed by atoms with Crippen LogP contribution in [-0.2, 0) is 21.4 Å². The molecule has 2 spiro atoms. The summed E-state index contributed by atoms with van der Waals surface area (Å²) in [6.45, 7) is 14.3. The van der Waals surface area contributed by atoms with E-state index in [0.29, 0.717) is 24.0 Å². The average Bonchev–Trinajstić information content (AvgIpc) is 3.70. The number of aliphatic hydroxyl groups is 1. The summed E-state index contributed by atoms with van der Waals surface area (Å²) in [5.41, 5.74) is -0.160. The van der Waals surface area contributed by atoms with E-state index >= 15 is 0 Å². The zero-order valence-electron chi connectivity index (χ0n) is 28.1. The van der Waals surface area contributed by atoms with Crippen LogP contribution in [0.2, 0.25) is 0 Å². The number of aliphatic carboxylic acids is 1. The number of piperidine rings is 1. The molecule has 8 rings (SSSR count). The number of amides is 1. The Balaban J connectivity index is 1.34. The maximum Gasteiger partial charge on any atom is 0.413 e. The molecule has 7 aliphatic rings. The lowest BCUT2D eigenvalue weighted by molar-refractivity contribution is -0.312. The quantitative estimate of drug-likeness (QED) is 0.339. The van der Waals surface area contributed by atoms with Gasteiger partial charge in [0.05, 0.1) is 5.60 Å². The maximum absolute atomic E-state index is 13.2. The molecule has 5 fully saturated rings. The number of benzene rings is 1. The summed E-state index contributed by atoms with van der Waals surface area (Å²) in [6.07, 6.45) is 6.29. The lowest BCUT2D eigenvalue weighted by Gasteiger charge is -2.75. The number of likely N-dealkylation sites (tertiary alicyclic amines) is 1. The fraction of sp³-hybridized carbons (Fsp3) is 0.778. The van der Waals surface area contributed by atoms with E-state index in [0.717, 1.165) is 56.7 Å². The van der Waals surface area contributed by atoms with Gasteiger partial charge in [-0.05, 0) is 93.7 Å². The molecule has 0 radical (unpaired) electrons. The third-order valence-corrected chi connectivity index (χ3v) is 13.3. The van der Waals surface area contributed by atoms with E-state index < -0.39 is 29.3 Å². The van der Waals surface area contributed by atoms with Crippen molar-refractivity contribution in [1.29, 1.82) is 0 Å². The normalized spacial score (nSPS) is 36.6. The predicted molar refractivity (Wildman–Crippen MR) is 169 cm³/mol. The molecule has 8 atom stereocenters. The van der Waals surface area contributed by atoms with Gasteiger partial charge in [0.2, 0.25) is 0 Å². The first kappa shape index (κ1) is 31.3. The summed E-state index contributed by atoms with van der Waals surface area (Å²) < 4.78 is 19.7. The van der Waals surface area contributed by atoms with Gasteiger partial charge in [0, 0.05) is 42.0 Å². The van der Waals surface area contributed by atoms with E-state index in [1.807, 2.05) is 26.8 Å². The summed E-state index contributed by atoms with van der Waals surface area (Å²) in [5.74, 6) is 0.553. The van der Waals surface area contributed by atoms with Crippen LogP contribution in [0.5, 0.6) is 11.5 Å². The number of ether oxygens (including phenoxy) is 3. The number of carboxylic acids is 1. The second-order valence-corrected chi connectivity index (χ2v) is 16.8. The largest absolute Gasteiger partial charge is 0.482 e. The highest BCUT2D eigenvalue weighted by molar-refractivity contribution is 5.81. The van der Waals surface area contributed by atoms with E-state index in [4.69, 9.17) is 14.2 Å². The zero-order valence-corrected chi connectivity index (χ0v) is 28.1. The topological polar surface area (TPSA) is 118 Å². The summed E-state index contributed by atoms with van der Waals surface area (Å²) in [4.78, 5) is 27.8. The van der Waals surface area contributed by atoms with E-state index in [1.54, 1.807) is 7.11 Å². The van der Waals surface area contributed by atoms with Crippen LogP contribution >= 0.6 is 0 Å². The molecule has 1 saturated heterocycles. The van der Waals surface area contributed by atoms with E-state index in [-0.39, 0.29) is 34.2 Å². The van der Waals surface area contributed by atoms with Crippen LogP contribution in [0.4, 0.5) is 4.79 Å². The van der Waals surface area contributed by atoms with Gasteiger partial charge in [-0.1, -0.05) is 40.7 Å². The number of nitrogens with zero attached hydrogens (tertiary/aromatic N) is 1. The fourth-order valence-electron chi connectivity index (χ4n) is 10.6. The minimum Gasteiger partial charge on any atom is -0.482 e. The van der Waals surface area contributed by atoms with Gasteiger partial charge in [0.1, 0.15) is 17.7 Å². The van der Waals surface area contributed by atoms with Crippen molar-refractivity contribution in [3.05, 3.63) is 23.3 Å². The number of hydrogen-bond donors (Lipinski definition) is 3. The molecule has 4 bridgehead atoms. The van der Waals surface area contributed by atoms with Gasteiger partial charge in [-0.25, -0.2) is 9.59 Å². The lowest BCUT2D eigenvalue weighted by atomic mass is 9.33. The molecular weight excluding hydrogens is 572 g/mol. The smallest absolute Gasteiger partial charge is 0.413 e. The first-order valence-corrected chi connectivity index (χ1v) is 17.2. The van der Waals surface area contributed by atoms with Crippen LogP contribution in [-0.4, -0.2) is 76.8 Å². The van der Waals surface area contributed by atoms with Crippen molar-refractivity contribution < 1.29 is 34.0 Å². The number of nitrogens with one attached hydrogen (secondary N) is 1. The van der Waals surface area contributed by atoms with Crippen molar-refractivity contribution in [1.82, 2.24) is 10.2 Å². The molecule has 2 heterocycles. The van der Waals surface area contributed by atoms with Crippen molar-refractivity contribution in [2.75, 3.05) is 20.2 Å². The van der Waals surface area contributed by atoms with E-state index in [1.165, 1.54) is 18.4 Å². The van der Waals surface area contributed by atoms with Gasteiger partial charge in [0.15, 0.2) is 11.5 Å². The molecule has 5 aliphatic carbocycles. The number of carboxylic acid groups (broad SMARTS) is 1. The van der Waals surface area contributed by atoms with Gasteiger partial charge >= 0.3 is 12.1 Å². The minimum atomic E-state index is -1.08. The molecular formula is C36H52N2O7. The first-order valence-electron chi connectivity index (χ1n) is 17.2.